The molecular formula is C15H13NO3. The Bertz CT molecular complexity index is 649. The number of fused-ring (bicyclic) bond motifs is 1. The van der Waals surface area contributed by atoms with Crippen LogP contribution in [0.25, 0.3) is 11.0 Å². The molecule has 0 spiro atoms. The molecule has 0 aliphatic heterocycles. The number of nitrogens with one attached hydrogen (secondary N) is 1. The van der Waals surface area contributed by atoms with Gasteiger partial charge in [0, 0.05) is 11.9 Å². The normalized spacial score (nSPS) is 10.7. The van der Waals surface area contributed by atoms with Gasteiger partial charge in [-0.2, -0.15) is 0 Å². The summed E-state index contributed by atoms with van der Waals surface area (Å²) in [7, 11) is 0. The largest absolute Gasteiger partial charge is 0.472 e. The molecule has 4 heteroatoms. The topological polar surface area (TPSA) is 55.4 Å². The van der Waals surface area contributed by atoms with E-state index < -0.39 is 0 Å². The van der Waals surface area contributed by atoms with Crippen LogP contribution < -0.4 is 5.32 Å². The first-order chi connectivity index (χ1) is 9.33. The Balaban J connectivity index is 1.63. The van der Waals surface area contributed by atoms with Crippen molar-refractivity contribution in [1.82, 2.24) is 5.32 Å². The first kappa shape index (κ1) is 11.6. The van der Waals surface area contributed by atoms with E-state index in [-0.39, 0.29) is 5.91 Å². The summed E-state index contributed by atoms with van der Waals surface area (Å²) in [6, 6.07) is 11.2. The van der Waals surface area contributed by atoms with Gasteiger partial charge in [-0.15, -0.1) is 0 Å². The zero-order chi connectivity index (χ0) is 13.1. The first-order valence-corrected chi connectivity index (χ1v) is 6.11. The van der Waals surface area contributed by atoms with Gasteiger partial charge in [-0.25, -0.2) is 0 Å². The molecule has 0 saturated carbocycles. The summed E-state index contributed by atoms with van der Waals surface area (Å²) in [6.07, 6.45) is 4.03. The molecule has 19 heavy (non-hydrogen) atoms. The van der Waals surface area contributed by atoms with Crippen LogP contribution in [0.3, 0.4) is 0 Å². The number of rotatable bonds is 4. The van der Waals surface area contributed by atoms with Crippen LogP contribution >= 0.6 is 0 Å². The van der Waals surface area contributed by atoms with Crippen LogP contribution in [0, 0.1) is 0 Å². The van der Waals surface area contributed by atoms with E-state index in [1.54, 1.807) is 18.6 Å². The van der Waals surface area contributed by atoms with Crippen molar-refractivity contribution in [3.05, 3.63) is 60.2 Å². The smallest absolute Gasteiger partial charge is 0.287 e. The molecular weight excluding hydrogens is 242 g/mol. The second-order valence-corrected chi connectivity index (χ2v) is 4.29. The van der Waals surface area contributed by atoms with Crippen molar-refractivity contribution in [1.29, 1.82) is 0 Å². The highest BCUT2D eigenvalue weighted by atomic mass is 16.3. The molecule has 0 unspecified atom stereocenters. The third-order valence-electron chi connectivity index (χ3n) is 2.93. The maximum atomic E-state index is 11.9. The molecule has 1 amide bonds. The van der Waals surface area contributed by atoms with Crippen molar-refractivity contribution in [2.75, 3.05) is 6.54 Å². The third kappa shape index (κ3) is 2.52. The molecule has 0 atom stereocenters. The third-order valence-corrected chi connectivity index (χ3v) is 2.93. The number of benzene rings is 1. The van der Waals surface area contributed by atoms with Gasteiger partial charge in [-0.3, -0.25) is 4.79 Å². The van der Waals surface area contributed by atoms with Gasteiger partial charge in [-0.1, -0.05) is 18.2 Å². The Hall–Kier alpha value is -2.49. The van der Waals surface area contributed by atoms with Gasteiger partial charge in [0.05, 0.1) is 12.5 Å². The van der Waals surface area contributed by atoms with Crippen LogP contribution in [0.1, 0.15) is 16.1 Å². The van der Waals surface area contributed by atoms with E-state index in [0.717, 1.165) is 23.0 Å². The van der Waals surface area contributed by atoms with E-state index in [9.17, 15) is 4.79 Å². The lowest BCUT2D eigenvalue weighted by atomic mass is 10.2. The lowest BCUT2D eigenvalue weighted by molar-refractivity contribution is 0.0928. The highest BCUT2D eigenvalue weighted by Gasteiger charge is 2.11. The summed E-state index contributed by atoms with van der Waals surface area (Å²) in [4.78, 5) is 11.9. The van der Waals surface area contributed by atoms with Gasteiger partial charge in [-0.05, 0) is 30.2 Å². The first-order valence-electron chi connectivity index (χ1n) is 6.11. The quantitative estimate of drug-likeness (QED) is 0.779. The standard InChI is InChI=1S/C15H13NO3/c17-15(16-7-5-11-6-8-18-10-11)14-9-12-3-1-2-4-13(12)19-14/h1-4,6,8-10H,5,7H2,(H,16,17). The highest BCUT2D eigenvalue weighted by Crippen LogP contribution is 2.18. The zero-order valence-electron chi connectivity index (χ0n) is 10.3. The van der Waals surface area contributed by atoms with Crippen molar-refractivity contribution in [3.63, 3.8) is 0 Å². The molecule has 0 saturated heterocycles. The molecule has 0 aliphatic rings. The number of hydrogen-bond donors (Lipinski definition) is 1. The Morgan fingerprint density at radius 2 is 2.11 bits per heavy atom. The molecule has 0 radical (unpaired) electrons. The van der Waals surface area contributed by atoms with E-state index >= 15 is 0 Å². The number of carbonyl (C=O) groups is 1. The highest BCUT2D eigenvalue weighted by molar-refractivity contribution is 5.96. The number of carbonyl (C=O) groups excluding carboxylic acids is 1. The van der Waals surface area contributed by atoms with E-state index in [0.29, 0.717) is 12.3 Å². The Morgan fingerprint density at radius 3 is 2.89 bits per heavy atom. The average molecular weight is 255 g/mol. The predicted molar refractivity (Wildman–Crippen MR) is 71.0 cm³/mol. The van der Waals surface area contributed by atoms with E-state index in [2.05, 4.69) is 5.32 Å². The fraction of sp³-hybridized carbons (Fsp3) is 0.133. The van der Waals surface area contributed by atoms with Gasteiger partial charge < -0.3 is 14.2 Å². The summed E-state index contributed by atoms with van der Waals surface area (Å²) in [5.41, 5.74) is 1.78. The van der Waals surface area contributed by atoms with Gasteiger partial charge >= 0.3 is 0 Å². The molecule has 1 aromatic carbocycles. The monoisotopic (exact) mass is 255 g/mol. The van der Waals surface area contributed by atoms with Crippen molar-refractivity contribution in [2.45, 2.75) is 6.42 Å². The van der Waals surface area contributed by atoms with Crippen LogP contribution in [0.5, 0.6) is 0 Å². The number of para-hydroxylation sites is 1. The zero-order valence-corrected chi connectivity index (χ0v) is 10.3. The average Bonchev–Trinajstić information content (AvgIpc) is 3.07. The predicted octanol–water partition coefficient (Wildman–Crippen LogP) is 3.00. The summed E-state index contributed by atoms with van der Waals surface area (Å²) in [5, 5.41) is 3.76. The number of hydrogen-bond acceptors (Lipinski definition) is 3. The minimum atomic E-state index is -0.195. The molecule has 1 N–H and O–H groups in total. The van der Waals surface area contributed by atoms with Crippen LogP contribution in [-0.2, 0) is 6.42 Å². The SMILES string of the molecule is O=C(NCCc1ccoc1)c1cc2ccccc2o1. The van der Waals surface area contributed by atoms with Crippen LogP contribution in [-0.4, -0.2) is 12.5 Å². The van der Waals surface area contributed by atoms with Crippen molar-refractivity contribution in [2.24, 2.45) is 0 Å². The van der Waals surface area contributed by atoms with Gasteiger partial charge in [0.1, 0.15) is 5.58 Å². The summed E-state index contributed by atoms with van der Waals surface area (Å²) < 4.78 is 10.5. The van der Waals surface area contributed by atoms with Crippen LogP contribution in [0.2, 0.25) is 0 Å². The van der Waals surface area contributed by atoms with Gasteiger partial charge in [0.15, 0.2) is 5.76 Å². The maximum Gasteiger partial charge on any atom is 0.287 e. The van der Waals surface area contributed by atoms with Crippen LogP contribution in [0.15, 0.2) is 57.8 Å². The lowest BCUT2D eigenvalue weighted by Crippen LogP contribution is -2.25. The Kier molecular flexibility index (Phi) is 3.06. The molecule has 0 bridgehead atoms. The molecule has 3 rings (SSSR count). The molecule has 96 valence electrons. The maximum absolute atomic E-state index is 11.9. The number of furan rings is 2. The van der Waals surface area contributed by atoms with E-state index in [1.807, 2.05) is 30.3 Å². The minimum absolute atomic E-state index is 0.195. The summed E-state index contributed by atoms with van der Waals surface area (Å²) in [6.45, 7) is 0.551. The molecule has 3 aromatic rings. The fourth-order valence-electron chi connectivity index (χ4n) is 1.94. The molecule has 0 aliphatic carbocycles. The molecule has 2 aromatic heterocycles. The van der Waals surface area contributed by atoms with E-state index in [4.69, 9.17) is 8.83 Å². The molecule has 2 heterocycles. The molecule has 4 nitrogen and oxygen atoms in total. The second kappa shape index (κ2) is 5.02. The second-order valence-electron chi connectivity index (χ2n) is 4.29. The fourth-order valence-corrected chi connectivity index (χ4v) is 1.94. The van der Waals surface area contributed by atoms with Gasteiger partial charge in [0.25, 0.3) is 5.91 Å². The summed E-state index contributed by atoms with van der Waals surface area (Å²) >= 11 is 0. The van der Waals surface area contributed by atoms with Crippen molar-refractivity contribution < 1.29 is 13.6 Å². The molecule has 0 fully saturated rings. The van der Waals surface area contributed by atoms with Crippen LogP contribution in [0.4, 0.5) is 0 Å². The Morgan fingerprint density at radius 1 is 1.21 bits per heavy atom. The van der Waals surface area contributed by atoms with Crippen molar-refractivity contribution >= 4 is 16.9 Å². The van der Waals surface area contributed by atoms with Crippen molar-refractivity contribution in [3.8, 4) is 0 Å². The lowest BCUT2D eigenvalue weighted by Gasteiger charge is -2.00. The minimum Gasteiger partial charge on any atom is -0.472 e. The Labute approximate surface area is 110 Å². The van der Waals surface area contributed by atoms with E-state index in [1.165, 1.54) is 0 Å². The number of amides is 1. The van der Waals surface area contributed by atoms with Gasteiger partial charge in [0.2, 0.25) is 0 Å². The summed E-state index contributed by atoms with van der Waals surface area (Å²) in [5.74, 6) is 0.146.